The van der Waals surface area contributed by atoms with Gasteiger partial charge in [-0.1, -0.05) is 11.6 Å². The first-order valence-corrected chi connectivity index (χ1v) is 5.89. The molecular weight excluding hydrogens is 274 g/mol. The molecule has 2 aromatic rings. The second-order valence-electron chi connectivity index (χ2n) is 4.12. The zero-order chi connectivity index (χ0) is 14.0. The van der Waals surface area contributed by atoms with Gasteiger partial charge in [-0.25, -0.2) is 4.79 Å². The van der Waals surface area contributed by atoms with Crippen molar-refractivity contribution < 1.29 is 19.1 Å². The summed E-state index contributed by atoms with van der Waals surface area (Å²) in [5.74, 6) is -1.19. The number of carbonyl (C=O) groups excluding carboxylic acids is 1. The summed E-state index contributed by atoms with van der Waals surface area (Å²) in [5, 5.41) is 8.35. The predicted molar refractivity (Wildman–Crippen MR) is 67.6 cm³/mol. The summed E-state index contributed by atoms with van der Waals surface area (Å²) >= 11 is 5.77. The van der Waals surface area contributed by atoms with Gasteiger partial charge in [0, 0.05) is 5.56 Å². The third kappa shape index (κ3) is 3.23. The summed E-state index contributed by atoms with van der Waals surface area (Å²) < 4.78 is 4.74. The average molecular weight is 284 g/mol. The van der Waals surface area contributed by atoms with Crippen molar-refractivity contribution in [1.82, 2.24) is 4.98 Å². The van der Waals surface area contributed by atoms with Crippen LogP contribution >= 0.6 is 11.6 Å². The maximum Gasteiger partial charge on any atom is 0.417 e. The van der Waals surface area contributed by atoms with E-state index in [2.05, 4.69) is 4.98 Å². The zero-order valence-corrected chi connectivity index (χ0v) is 10.4. The van der Waals surface area contributed by atoms with Crippen molar-refractivity contribution in [3.05, 3.63) is 33.3 Å². The number of aliphatic carboxylic acids is 1. The van der Waals surface area contributed by atoms with Crippen molar-refractivity contribution in [2.75, 3.05) is 0 Å². The third-order valence-corrected chi connectivity index (χ3v) is 2.87. The second-order valence-corrected chi connectivity index (χ2v) is 4.53. The Morgan fingerprint density at radius 3 is 2.63 bits per heavy atom. The summed E-state index contributed by atoms with van der Waals surface area (Å²) in [6, 6.07) is 2.91. The highest BCUT2D eigenvalue weighted by Crippen LogP contribution is 2.28. The highest BCUT2D eigenvalue weighted by atomic mass is 35.5. The Bertz CT molecular complexity index is 683. The molecule has 0 unspecified atom stereocenters. The number of halogens is 1. The molecule has 1 aromatic carbocycles. The fraction of sp³-hybridized carbons (Fsp3) is 0.250. The Kier molecular flexibility index (Phi) is 3.71. The minimum absolute atomic E-state index is 0.0185. The normalized spacial score (nSPS) is 13.7. The molecule has 19 heavy (non-hydrogen) atoms. The van der Waals surface area contributed by atoms with Crippen molar-refractivity contribution in [1.29, 1.82) is 0 Å². The Morgan fingerprint density at radius 1 is 1.47 bits per heavy atom. The Hall–Kier alpha value is -2.08. The molecule has 6 nitrogen and oxygen atoms in total. The van der Waals surface area contributed by atoms with Gasteiger partial charge in [0.1, 0.15) is 11.8 Å². The fourth-order valence-electron chi connectivity index (χ4n) is 1.43. The molecule has 0 saturated heterocycles. The van der Waals surface area contributed by atoms with Gasteiger partial charge in [-0.3, -0.25) is 14.6 Å². The van der Waals surface area contributed by atoms with Crippen LogP contribution in [0.25, 0.3) is 11.1 Å². The lowest BCUT2D eigenvalue weighted by molar-refractivity contribution is -0.138. The molecule has 0 aliphatic heterocycles. The number of aromatic amines is 1. The molecule has 1 heterocycles. The van der Waals surface area contributed by atoms with E-state index in [0.29, 0.717) is 28.0 Å². The maximum atomic E-state index is 10.8. The lowest BCUT2D eigenvalue weighted by Gasteiger charge is -1.92. The fourth-order valence-corrected chi connectivity index (χ4v) is 1.70. The standard InChI is InChI=1S/C8H4ClNO3.C4H6O2/c9-5-1-4(3-11)2-6-7(5)10-8(12)13-6;5-4(6)3-1-2-3/h1-3H,(H,10,12);3H,1-2H2,(H,5,6). The van der Waals surface area contributed by atoms with Crippen molar-refractivity contribution in [2.24, 2.45) is 5.92 Å². The molecule has 1 saturated carbocycles. The number of nitrogens with one attached hydrogen (secondary N) is 1. The Morgan fingerprint density at radius 2 is 2.16 bits per heavy atom. The minimum Gasteiger partial charge on any atom is -0.481 e. The quantitative estimate of drug-likeness (QED) is 0.822. The van der Waals surface area contributed by atoms with Crippen LogP contribution in [0.4, 0.5) is 0 Å². The van der Waals surface area contributed by atoms with Crippen LogP contribution in [0.3, 0.4) is 0 Å². The van der Waals surface area contributed by atoms with Crippen molar-refractivity contribution >= 4 is 35.0 Å². The van der Waals surface area contributed by atoms with Gasteiger partial charge in [0.2, 0.25) is 0 Å². The molecule has 1 fully saturated rings. The molecule has 0 spiro atoms. The van der Waals surface area contributed by atoms with Gasteiger partial charge in [-0.2, -0.15) is 0 Å². The molecule has 3 rings (SSSR count). The van der Waals surface area contributed by atoms with E-state index in [1.807, 2.05) is 0 Å². The van der Waals surface area contributed by atoms with Crippen LogP contribution in [0.5, 0.6) is 0 Å². The van der Waals surface area contributed by atoms with E-state index in [0.717, 1.165) is 12.8 Å². The van der Waals surface area contributed by atoms with Gasteiger partial charge < -0.3 is 9.52 Å². The Labute approximate surface area is 112 Å². The number of H-pyrrole nitrogens is 1. The van der Waals surface area contributed by atoms with Crippen LogP contribution in [-0.4, -0.2) is 22.3 Å². The van der Waals surface area contributed by atoms with Crippen LogP contribution in [0, 0.1) is 5.92 Å². The van der Waals surface area contributed by atoms with E-state index >= 15 is 0 Å². The van der Waals surface area contributed by atoms with Crippen LogP contribution in [0.15, 0.2) is 21.3 Å². The first kappa shape index (κ1) is 13.4. The lowest BCUT2D eigenvalue weighted by atomic mass is 10.2. The lowest BCUT2D eigenvalue weighted by Crippen LogP contribution is -1.94. The highest BCUT2D eigenvalue weighted by molar-refractivity contribution is 6.35. The number of benzene rings is 1. The van der Waals surface area contributed by atoms with E-state index in [1.54, 1.807) is 0 Å². The third-order valence-electron chi connectivity index (χ3n) is 2.57. The number of carboxylic acid groups (broad SMARTS) is 1. The predicted octanol–water partition coefficient (Wildman–Crippen LogP) is 2.07. The zero-order valence-electron chi connectivity index (χ0n) is 9.68. The number of aromatic nitrogens is 1. The van der Waals surface area contributed by atoms with Gasteiger partial charge in [-0.15, -0.1) is 0 Å². The Balaban J connectivity index is 0.000000186. The summed E-state index contributed by atoms with van der Waals surface area (Å²) in [5.41, 5.74) is 1.08. The van der Waals surface area contributed by atoms with Crippen molar-refractivity contribution in [3.63, 3.8) is 0 Å². The molecule has 1 aliphatic rings. The van der Waals surface area contributed by atoms with Gasteiger partial charge in [0.25, 0.3) is 0 Å². The number of fused-ring (bicyclic) bond motifs is 1. The summed E-state index contributed by atoms with van der Waals surface area (Å²) in [6.07, 6.45) is 2.43. The number of hydrogen-bond donors (Lipinski definition) is 2. The molecule has 1 aliphatic carbocycles. The monoisotopic (exact) mass is 283 g/mol. The van der Waals surface area contributed by atoms with Crippen LogP contribution in [0.2, 0.25) is 5.02 Å². The molecule has 0 radical (unpaired) electrons. The van der Waals surface area contributed by atoms with Gasteiger partial charge in [0.05, 0.1) is 10.9 Å². The molecule has 0 amide bonds. The maximum absolute atomic E-state index is 10.8. The smallest absolute Gasteiger partial charge is 0.417 e. The van der Waals surface area contributed by atoms with Gasteiger partial charge in [0.15, 0.2) is 5.58 Å². The van der Waals surface area contributed by atoms with Gasteiger partial charge in [-0.05, 0) is 25.0 Å². The molecule has 0 atom stereocenters. The highest BCUT2D eigenvalue weighted by Gasteiger charge is 2.28. The molecule has 1 aromatic heterocycles. The van der Waals surface area contributed by atoms with Gasteiger partial charge >= 0.3 is 11.7 Å². The summed E-state index contributed by atoms with van der Waals surface area (Å²) in [4.78, 5) is 33.4. The SMILES string of the molecule is O=C(O)C1CC1.O=Cc1cc(Cl)c2[nH]c(=O)oc2c1. The minimum atomic E-state index is -0.630. The molecule has 2 N–H and O–H groups in total. The largest absolute Gasteiger partial charge is 0.481 e. The van der Waals surface area contributed by atoms with Crippen LogP contribution < -0.4 is 5.76 Å². The number of hydrogen-bond acceptors (Lipinski definition) is 4. The molecular formula is C12H10ClNO5. The van der Waals surface area contributed by atoms with Crippen LogP contribution in [0.1, 0.15) is 23.2 Å². The van der Waals surface area contributed by atoms with E-state index in [9.17, 15) is 14.4 Å². The first-order valence-electron chi connectivity index (χ1n) is 5.51. The van der Waals surface area contributed by atoms with Crippen LogP contribution in [-0.2, 0) is 4.79 Å². The summed E-state index contributed by atoms with van der Waals surface area (Å²) in [7, 11) is 0. The van der Waals surface area contributed by atoms with Crippen molar-refractivity contribution in [2.45, 2.75) is 12.8 Å². The molecule has 7 heteroatoms. The van der Waals surface area contributed by atoms with Crippen molar-refractivity contribution in [3.8, 4) is 0 Å². The first-order chi connectivity index (χ1) is 9.01. The number of carbonyl (C=O) groups is 2. The average Bonchev–Trinajstić information content (AvgIpc) is 3.13. The summed E-state index contributed by atoms with van der Waals surface area (Å²) in [6.45, 7) is 0. The number of oxazole rings is 1. The van der Waals surface area contributed by atoms with E-state index in [-0.39, 0.29) is 5.92 Å². The topological polar surface area (TPSA) is 100 Å². The van der Waals surface area contributed by atoms with E-state index < -0.39 is 11.7 Å². The molecule has 100 valence electrons. The second kappa shape index (κ2) is 5.27. The number of carboxylic acids is 1. The van der Waals surface area contributed by atoms with E-state index in [1.165, 1.54) is 12.1 Å². The number of rotatable bonds is 2. The molecule has 0 bridgehead atoms. The van der Waals surface area contributed by atoms with E-state index in [4.69, 9.17) is 21.1 Å². The number of aldehydes is 1.